The van der Waals surface area contributed by atoms with Gasteiger partial charge in [0.15, 0.2) is 6.61 Å². The van der Waals surface area contributed by atoms with Gasteiger partial charge in [-0.15, -0.1) is 0 Å². The molecule has 2 aromatic carbocycles. The minimum atomic E-state index is -0.523. The van der Waals surface area contributed by atoms with E-state index in [2.05, 4.69) is 6.92 Å². The summed E-state index contributed by atoms with van der Waals surface area (Å²) in [6.45, 7) is 4.69. The third-order valence-electron chi connectivity index (χ3n) is 4.82. The number of halogens is 1. The second kappa shape index (κ2) is 8.44. The molecule has 142 valence electrons. The second-order valence-electron chi connectivity index (χ2n) is 6.48. The van der Waals surface area contributed by atoms with Crippen LogP contribution in [-0.2, 0) is 16.0 Å². The van der Waals surface area contributed by atoms with Crippen molar-refractivity contribution in [3.8, 4) is 5.75 Å². The number of anilines is 1. The quantitative estimate of drug-likeness (QED) is 0.789. The average molecular weight is 387 g/mol. The maximum Gasteiger partial charge on any atom is 0.261 e. The van der Waals surface area contributed by atoms with Crippen LogP contribution in [0.15, 0.2) is 48.5 Å². The highest BCUT2D eigenvalue weighted by atomic mass is 35.5. The smallest absolute Gasteiger partial charge is 0.261 e. The van der Waals surface area contributed by atoms with Crippen LogP contribution < -0.4 is 9.64 Å². The van der Waals surface area contributed by atoms with Gasteiger partial charge in [0.2, 0.25) is 5.91 Å². The zero-order valence-electron chi connectivity index (χ0n) is 15.5. The minimum Gasteiger partial charge on any atom is -0.484 e. The number of benzene rings is 2. The highest BCUT2D eigenvalue weighted by Gasteiger charge is 2.35. The van der Waals surface area contributed by atoms with Crippen LogP contribution in [0.4, 0.5) is 5.69 Å². The number of hydrogen-bond donors (Lipinski definition) is 0. The first-order valence-electron chi connectivity index (χ1n) is 9.08. The van der Waals surface area contributed by atoms with E-state index < -0.39 is 6.04 Å². The lowest BCUT2D eigenvalue weighted by Crippen LogP contribution is -2.58. The Morgan fingerprint density at radius 1 is 1.15 bits per heavy atom. The van der Waals surface area contributed by atoms with Gasteiger partial charge >= 0.3 is 0 Å². The van der Waals surface area contributed by atoms with Crippen molar-refractivity contribution in [1.82, 2.24) is 4.90 Å². The van der Waals surface area contributed by atoms with Crippen LogP contribution in [0, 0.1) is 0 Å². The van der Waals surface area contributed by atoms with E-state index in [0.29, 0.717) is 23.9 Å². The average Bonchev–Trinajstić information content (AvgIpc) is 2.69. The van der Waals surface area contributed by atoms with E-state index in [-0.39, 0.29) is 18.4 Å². The Balaban J connectivity index is 1.65. The van der Waals surface area contributed by atoms with Crippen molar-refractivity contribution >= 4 is 29.1 Å². The number of aryl methyl sites for hydroxylation is 1. The fourth-order valence-corrected chi connectivity index (χ4v) is 3.41. The zero-order chi connectivity index (χ0) is 19.4. The Morgan fingerprint density at radius 3 is 2.56 bits per heavy atom. The van der Waals surface area contributed by atoms with Crippen molar-refractivity contribution in [3.63, 3.8) is 0 Å². The molecule has 0 unspecified atom stereocenters. The van der Waals surface area contributed by atoms with E-state index >= 15 is 0 Å². The highest BCUT2D eigenvalue weighted by Crippen LogP contribution is 2.25. The van der Waals surface area contributed by atoms with Crippen LogP contribution >= 0.6 is 11.6 Å². The van der Waals surface area contributed by atoms with Crippen LogP contribution in [0.5, 0.6) is 5.75 Å². The molecule has 0 aromatic heterocycles. The molecule has 1 aliphatic heterocycles. The molecule has 0 spiro atoms. The molecule has 0 radical (unpaired) electrons. The van der Waals surface area contributed by atoms with Crippen molar-refractivity contribution in [2.45, 2.75) is 26.3 Å². The van der Waals surface area contributed by atoms with Crippen LogP contribution in [0.2, 0.25) is 5.02 Å². The second-order valence-corrected chi connectivity index (χ2v) is 6.91. The molecule has 27 heavy (non-hydrogen) atoms. The van der Waals surface area contributed by atoms with Crippen LogP contribution in [-0.4, -0.2) is 42.5 Å². The lowest BCUT2D eigenvalue weighted by molar-refractivity contribution is -0.142. The number of para-hydroxylation sites is 1. The number of amides is 2. The first kappa shape index (κ1) is 19.2. The molecule has 1 heterocycles. The Bertz CT molecular complexity index is 822. The number of piperazine rings is 1. The molecule has 5 nitrogen and oxygen atoms in total. The number of nitrogens with zero attached hydrogens (tertiary/aromatic N) is 2. The largest absolute Gasteiger partial charge is 0.484 e. The Hall–Kier alpha value is -2.53. The number of carbonyl (C=O) groups is 2. The van der Waals surface area contributed by atoms with Crippen molar-refractivity contribution in [1.29, 1.82) is 0 Å². The summed E-state index contributed by atoms with van der Waals surface area (Å²) in [6.07, 6.45) is 0.853. The van der Waals surface area contributed by atoms with E-state index in [4.69, 9.17) is 16.3 Å². The molecule has 0 N–H and O–H groups in total. The van der Waals surface area contributed by atoms with Gasteiger partial charge in [0.25, 0.3) is 5.91 Å². The molecule has 0 aliphatic carbocycles. The fourth-order valence-electron chi connectivity index (χ4n) is 3.28. The SMILES string of the molecule is CCc1ccccc1N1CCN(C(=O)COc2ccc(Cl)cc2)[C@@H](C)C1=O. The fraction of sp³-hybridized carbons (Fsp3) is 0.333. The maximum absolute atomic E-state index is 12.9. The predicted octanol–water partition coefficient (Wildman–Crippen LogP) is 3.55. The van der Waals surface area contributed by atoms with Gasteiger partial charge in [-0.3, -0.25) is 9.59 Å². The third-order valence-corrected chi connectivity index (χ3v) is 5.07. The topological polar surface area (TPSA) is 49.9 Å². The molecule has 0 saturated carbocycles. The lowest BCUT2D eigenvalue weighted by Gasteiger charge is -2.39. The maximum atomic E-state index is 12.9. The molecule has 3 rings (SSSR count). The van der Waals surface area contributed by atoms with Gasteiger partial charge in [0.1, 0.15) is 11.8 Å². The van der Waals surface area contributed by atoms with E-state index in [1.807, 2.05) is 24.3 Å². The van der Waals surface area contributed by atoms with Gasteiger partial charge in [-0.2, -0.15) is 0 Å². The molecule has 2 aromatic rings. The first-order valence-corrected chi connectivity index (χ1v) is 9.46. The summed E-state index contributed by atoms with van der Waals surface area (Å²) in [4.78, 5) is 28.8. The minimum absolute atomic E-state index is 0.0676. The number of rotatable bonds is 5. The van der Waals surface area contributed by atoms with Crippen LogP contribution in [0.3, 0.4) is 0 Å². The van der Waals surface area contributed by atoms with Gasteiger partial charge in [-0.1, -0.05) is 36.7 Å². The summed E-state index contributed by atoms with van der Waals surface area (Å²) in [7, 11) is 0. The van der Waals surface area contributed by atoms with Gasteiger partial charge in [0.05, 0.1) is 0 Å². The van der Waals surface area contributed by atoms with Crippen molar-refractivity contribution in [2.75, 3.05) is 24.6 Å². The molecular weight excluding hydrogens is 364 g/mol. The van der Waals surface area contributed by atoms with E-state index in [1.165, 1.54) is 0 Å². The van der Waals surface area contributed by atoms with Gasteiger partial charge in [-0.25, -0.2) is 0 Å². The summed E-state index contributed by atoms with van der Waals surface area (Å²) in [5, 5.41) is 0.608. The molecular formula is C21H23ClN2O3. The Kier molecular flexibility index (Phi) is 6.01. The monoisotopic (exact) mass is 386 g/mol. The predicted molar refractivity (Wildman–Crippen MR) is 106 cm³/mol. The van der Waals surface area contributed by atoms with E-state index in [0.717, 1.165) is 17.7 Å². The van der Waals surface area contributed by atoms with Crippen molar-refractivity contribution < 1.29 is 14.3 Å². The highest BCUT2D eigenvalue weighted by molar-refractivity contribution is 6.30. The number of hydrogen-bond acceptors (Lipinski definition) is 3. The zero-order valence-corrected chi connectivity index (χ0v) is 16.3. The van der Waals surface area contributed by atoms with Crippen LogP contribution in [0.1, 0.15) is 19.4 Å². The summed E-state index contributed by atoms with van der Waals surface area (Å²) >= 11 is 5.84. The molecule has 2 amide bonds. The van der Waals surface area contributed by atoms with Gasteiger partial charge < -0.3 is 14.5 Å². The molecule has 6 heteroatoms. The third kappa shape index (κ3) is 4.25. The van der Waals surface area contributed by atoms with Crippen molar-refractivity contribution in [3.05, 3.63) is 59.1 Å². The Morgan fingerprint density at radius 2 is 1.85 bits per heavy atom. The summed E-state index contributed by atoms with van der Waals surface area (Å²) < 4.78 is 5.53. The van der Waals surface area contributed by atoms with E-state index in [9.17, 15) is 9.59 Å². The van der Waals surface area contributed by atoms with E-state index in [1.54, 1.807) is 41.0 Å². The molecule has 1 saturated heterocycles. The molecule has 1 fully saturated rings. The summed E-state index contributed by atoms with van der Waals surface area (Å²) in [5.74, 6) is 0.304. The van der Waals surface area contributed by atoms with Crippen molar-refractivity contribution in [2.24, 2.45) is 0 Å². The van der Waals surface area contributed by atoms with Gasteiger partial charge in [-0.05, 0) is 49.2 Å². The first-order chi connectivity index (χ1) is 13.0. The van der Waals surface area contributed by atoms with Gasteiger partial charge in [0, 0.05) is 23.8 Å². The van der Waals surface area contributed by atoms with Crippen LogP contribution in [0.25, 0.3) is 0 Å². The lowest BCUT2D eigenvalue weighted by atomic mass is 10.1. The summed E-state index contributed by atoms with van der Waals surface area (Å²) in [6, 6.07) is 14.2. The molecule has 0 bridgehead atoms. The number of carbonyl (C=O) groups excluding carboxylic acids is 2. The number of ether oxygens (including phenoxy) is 1. The Labute approximate surface area is 164 Å². The standard InChI is InChI=1S/C21H23ClN2O3/c1-3-16-6-4-5-7-19(16)24-13-12-23(15(2)21(24)26)20(25)14-27-18-10-8-17(22)9-11-18/h4-11,15H,3,12-14H2,1-2H3/t15-/m0/s1. The normalized spacial score (nSPS) is 17.1. The summed E-state index contributed by atoms with van der Waals surface area (Å²) in [5.41, 5.74) is 2.06. The molecule has 1 aliphatic rings. The molecule has 1 atom stereocenters.